The molecule has 0 radical (unpaired) electrons. The van der Waals surface area contributed by atoms with Crippen LogP contribution in [-0.2, 0) is 4.74 Å². The minimum absolute atomic E-state index is 0.0214. The summed E-state index contributed by atoms with van der Waals surface area (Å²) in [5.41, 5.74) is 7.39. The van der Waals surface area contributed by atoms with Crippen LogP contribution in [0, 0.1) is 5.92 Å². The van der Waals surface area contributed by atoms with Gasteiger partial charge in [-0.1, -0.05) is 48.8 Å². The molecule has 3 heteroatoms. The van der Waals surface area contributed by atoms with E-state index in [1.807, 2.05) is 12.1 Å². The van der Waals surface area contributed by atoms with Gasteiger partial charge >= 0.3 is 0 Å². The summed E-state index contributed by atoms with van der Waals surface area (Å²) in [6.45, 7) is 8.67. The highest BCUT2D eigenvalue weighted by molar-refractivity contribution is 9.10. The second-order valence-electron chi connectivity index (χ2n) is 5.62. The molecule has 0 aliphatic carbocycles. The predicted octanol–water partition coefficient (Wildman–Crippen LogP) is 4.68. The van der Waals surface area contributed by atoms with Crippen LogP contribution < -0.4 is 5.73 Å². The SMILES string of the molecule is CCC(N)C(OC(C)CC(C)C)c1ccc(Br)cc1. The number of nitrogens with two attached hydrogens (primary N) is 1. The van der Waals surface area contributed by atoms with Gasteiger partial charge in [-0.2, -0.15) is 0 Å². The lowest BCUT2D eigenvalue weighted by Crippen LogP contribution is -2.32. The van der Waals surface area contributed by atoms with Crippen molar-refractivity contribution >= 4 is 15.9 Å². The van der Waals surface area contributed by atoms with E-state index in [-0.39, 0.29) is 18.2 Å². The Kier molecular flexibility index (Phi) is 7.05. The largest absolute Gasteiger partial charge is 0.369 e. The van der Waals surface area contributed by atoms with Crippen LogP contribution in [0.2, 0.25) is 0 Å². The van der Waals surface area contributed by atoms with Gasteiger partial charge in [0, 0.05) is 10.5 Å². The van der Waals surface area contributed by atoms with Crippen LogP contribution in [0.5, 0.6) is 0 Å². The Bertz CT molecular complexity index is 364. The molecule has 0 aliphatic rings. The van der Waals surface area contributed by atoms with Crippen molar-refractivity contribution in [2.45, 2.75) is 58.8 Å². The third-order valence-corrected chi connectivity index (χ3v) is 3.77. The molecule has 108 valence electrons. The van der Waals surface area contributed by atoms with Gasteiger partial charge in [0.2, 0.25) is 0 Å². The zero-order valence-electron chi connectivity index (χ0n) is 12.4. The van der Waals surface area contributed by atoms with Gasteiger partial charge in [0.15, 0.2) is 0 Å². The van der Waals surface area contributed by atoms with Gasteiger partial charge < -0.3 is 10.5 Å². The van der Waals surface area contributed by atoms with E-state index < -0.39 is 0 Å². The average Bonchev–Trinajstić information content (AvgIpc) is 2.35. The van der Waals surface area contributed by atoms with E-state index in [0.29, 0.717) is 5.92 Å². The average molecular weight is 328 g/mol. The summed E-state index contributed by atoms with van der Waals surface area (Å²) in [6.07, 6.45) is 2.18. The zero-order valence-corrected chi connectivity index (χ0v) is 14.0. The van der Waals surface area contributed by atoms with E-state index in [4.69, 9.17) is 10.5 Å². The highest BCUT2D eigenvalue weighted by Crippen LogP contribution is 2.26. The molecule has 2 N–H and O–H groups in total. The molecule has 3 atom stereocenters. The maximum Gasteiger partial charge on any atom is 0.0979 e. The lowest BCUT2D eigenvalue weighted by molar-refractivity contribution is -0.0271. The first-order valence-corrected chi connectivity index (χ1v) is 7.89. The highest BCUT2D eigenvalue weighted by atomic mass is 79.9. The molecule has 0 fully saturated rings. The maximum atomic E-state index is 6.23. The van der Waals surface area contributed by atoms with E-state index in [1.165, 1.54) is 0 Å². The van der Waals surface area contributed by atoms with E-state index >= 15 is 0 Å². The van der Waals surface area contributed by atoms with Crippen LogP contribution in [-0.4, -0.2) is 12.1 Å². The molecule has 0 spiro atoms. The van der Waals surface area contributed by atoms with E-state index in [1.54, 1.807) is 0 Å². The van der Waals surface area contributed by atoms with Crippen molar-refractivity contribution in [3.8, 4) is 0 Å². The zero-order chi connectivity index (χ0) is 14.4. The summed E-state index contributed by atoms with van der Waals surface area (Å²) in [4.78, 5) is 0. The molecule has 0 aliphatic heterocycles. The van der Waals surface area contributed by atoms with Crippen molar-refractivity contribution in [1.29, 1.82) is 0 Å². The maximum absolute atomic E-state index is 6.23. The number of hydrogen-bond acceptors (Lipinski definition) is 2. The van der Waals surface area contributed by atoms with Crippen LogP contribution in [0.4, 0.5) is 0 Å². The van der Waals surface area contributed by atoms with Crippen molar-refractivity contribution < 1.29 is 4.74 Å². The second kappa shape index (κ2) is 8.03. The normalized spacial score (nSPS) is 16.4. The lowest BCUT2D eigenvalue weighted by atomic mass is 10.00. The fourth-order valence-corrected chi connectivity index (χ4v) is 2.53. The Balaban J connectivity index is 2.80. The summed E-state index contributed by atoms with van der Waals surface area (Å²) in [5, 5.41) is 0. The smallest absolute Gasteiger partial charge is 0.0979 e. The van der Waals surface area contributed by atoms with Gasteiger partial charge in [-0.3, -0.25) is 0 Å². The van der Waals surface area contributed by atoms with Gasteiger partial charge in [0.25, 0.3) is 0 Å². The molecule has 19 heavy (non-hydrogen) atoms. The summed E-state index contributed by atoms with van der Waals surface area (Å²) in [7, 11) is 0. The Morgan fingerprint density at radius 2 is 1.74 bits per heavy atom. The quantitative estimate of drug-likeness (QED) is 0.789. The fraction of sp³-hybridized carbons (Fsp3) is 0.625. The minimum atomic E-state index is -0.0214. The van der Waals surface area contributed by atoms with Crippen molar-refractivity contribution in [2.24, 2.45) is 11.7 Å². The van der Waals surface area contributed by atoms with Crippen LogP contribution in [0.15, 0.2) is 28.7 Å². The molecule has 0 bridgehead atoms. The van der Waals surface area contributed by atoms with E-state index in [2.05, 4.69) is 55.8 Å². The molecule has 0 amide bonds. The first-order chi connectivity index (χ1) is 8.93. The van der Waals surface area contributed by atoms with Crippen molar-refractivity contribution in [3.63, 3.8) is 0 Å². The monoisotopic (exact) mass is 327 g/mol. The summed E-state index contributed by atoms with van der Waals surface area (Å²) >= 11 is 3.46. The number of rotatable bonds is 7. The van der Waals surface area contributed by atoms with Gasteiger partial charge in [-0.05, 0) is 43.4 Å². The van der Waals surface area contributed by atoms with Crippen LogP contribution >= 0.6 is 15.9 Å². The fourth-order valence-electron chi connectivity index (χ4n) is 2.26. The lowest BCUT2D eigenvalue weighted by Gasteiger charge is -2.28. The van der Waals surface area contributed by atoms with Gasteiger partial charge in [0.05, 0.1) is 12.2 Å². The number of halogens is 1. The molecular formula is C16H26BrNO. The molecule has 1 aromatic rings. The molecule has 0 heterocycles. The van der Waals surface area contributed by atoms with Crippen LogP contribution in [0.1, 0.15) is 52.2 Å². The van der Waals surface area contributed by atoms with Crippen molar-refractivity contribution in [1.82, 2.24) is 0 Å². The minimum Gasteiger partial charge on any atom is -0.369 e. The number of benzene rings is 1. The molecule has 1 aromatic carbocycles. The Morgan fingerprint density at radius 3 is 2.21 bits per heavy atom. The molecule has 0 aromatic heterocycles. The highest BCUT2D eigenvalue weighted by Gasteiger charge is 2.22. The molecule has 3 unspecified atom stereocenters. The molecule has 2 nitrogen and oxygen atoms in total. The van der Waals surface area contributed by atoms with Crippen molar-refractivity contribution in [3.05, 3.63) is 34.3 Å². The summed E-state index contributed by atoms with van der Waals surface area (Å²) in [6, 6.07) is 8.30. The van der Waals surface area contributed by atoms with E-state index in [0.717, 1.165) is 22.9 Å². The Labute approximate surface area is 125 Å². The molecular weight excluding hydrogens is 302 g/mol. The van der Waals surface area contributed by atoms with Crippen LogP contribution in [0.3, 0.4) is 0 Å². The Hall–Kier alpha value is -0.380. The third kappa shape index (κ3) is 5.64. The van der Waals surface area contributed by atoms with Crippen molar-refractivity contribution in [2.75, 3.05) is 0 Å². The standard InChI is InChI=1S/C16H26BrNO/c1-5-15(18)16(19-12(4)10-11(2)3)13-6-8-14(17)9-7-13/h6-9,11-12,15-16H,5,10,18H2,1-4H3. The predicted molar refractivity (Wildman–Crippen MR) is 85.2 cm³/mol. The molecule has 0 saturated heterocycles. The first kappa shape index (κ1) is 16.7. The number of hydrogen-bond donors (Lipinski definition) is 1. The summed E-state index contributed by atoms with van der Waals surface area (Å²) < 4.78 is 7.28. The second-order valence-corrected chi connectivity index (χ2v) is 6.54. The summed E-state index contributed by atoms with van der Waals surface area (Å²) in [5.74, 6) is 0.637. The third-order valence-electron chi connectivity index (χ3n) is 3.24. The van der Waals surface area contributed by atoms with Gasteiger partial charge in [-0.25, -0.2) is 0 Å². The topological polar surface area (TPSA) is 35.2 Å². The van der Waals surface area contributed by atoms with Gasteiger partial charge in [0.1, 0.15) is 0 Å². The Morgan fingerprint density at radius 1 is 1.16 bits per heavy atom. The number of ether oxygens (including phenoxy) is 1. The molecule has 1 rings (SSSR count). The molecule has 0 saturated carbocycles. The van der Waals surface area contributed by atoms with E-state index in [9.17, 15) is 0 Å². The first-order valence-electron chi connectivity index (χ1n) is 7.10. The van der Waals surface area contributed by atoms with Crippen LogP contribution in [0.25, 0.3) is 0 Å². The van der Waals surface area contributed by atoms with Gasteiger partial charge in [-0.15, -0.1) is 0 Å².